The van der Waals surface area contributed by atoms with Crippen molar-refractivity contribution in [2.45, 2.75) is 0 Å². The standard InChI is InChI=1S/C5H5N3O2.FH/c6-5-2-1-4(3-7-5)8(9)10;/h1-3H,(H2,6,7);1H. The number of pyridine rings is 1. The van der Waals surface area contributed by atoms with Gasteiger partial charge in [0.1, 0.15) is 0 Å². The Kier molecular flexibility index (Phi) is 2.91. The first-order valence-corrected chi connectivity index (χ1v) is 2.62. The normalized spacial score (nSPS) is 8.36. The second kappa shape index (κ2) is 3.45. The Morgan fingerprint density at radius 2 is 2.18 bits per heavy atom. The smallest absolute Gasteiger partial charge is 0.308 e. The summed E-state index contributed by atoms with van der Waals surface area (Å²) in [6, 6.07) is 2.78. The first kappa shape index (κ1) is 9.28. The largest absolute Gasteiger partial charge is 1.00 e. The van der Waals surface area contributed by atoms with Crippen LogP contribution in [0.15, 0.2) is 18.3 Å². The number of nitrogen functional groups attached to an aromatic ring is 1. The first-order chi connectivity index (χ1) is 4.70. The van der Waals surface area contributed by atoms with Crippen LogP contribution in [0.3, 0.4) is 0 Å². The molecule has 11 heavy (non-hydrogen) atoms. The molecule has 60 valence electrons. The van der Waals surface area contributed by atoms with Crippen molar-refractivity contribution >= 4 is 11.5 Å². The van der Waals surface area contributed by atoms with Gasteiger partial charge < -0.3 is 4.70 Å². The molecule has 1 aromatic heterocycles. The predicted octanol–water partition coefficient (Wildman–Crippen LogP) is -3.00. The molecular formula is C5H6FN3O2. The summed E-state index contributed by atoms with van der Waals surface area (Å²) in [6.45, 7) is 0. The summed E-state index contributed by atoms with van der Waals surface area (Å²) in [5, 5.41) is 10.1. The quantitative estimate of drug-likeness (QED) is 0.350. The fraction of sp³-hybridized carbons (Fsp3) is 0. The molecule has 0 fully saturated rings. The van der Waals surface area contributed by atoms with Crippen molar-refractivity contribution in [3.63, 3.8) is 0 Å². The van der Waals surface area contributed by atoms with E-state index in [1.165, 1.54) is 18.3 Å². The van der Waals surface area contributed by atoms with E-state index >= 15 is 0 Å². The number of rotatable bonds is 1. The van der Waals surface area contributed by atoms with E-state index in [0.29, 0.717) is 5.82 Å². The molecule has 1 rings (SSSR count). The fourth-order valence-corrected chi connectivity index (χ4v) is 0.542. The Morgan fingerprint density at radius 1 is 1.55 bits per heavy atom. The van der Waals surface area contributed by atoms with Crippen molar-refractivity contribution in [2.75, 3.05) is 5.73 Å². The Morgan fingerprint density at radius 3 is 2.55 bits per heavy atom. The molecule has 1 heterocycles. The number of hydrogen-bond acceptors (Lipinski definition) is 3. The summed E-state index contributed by atoms with van der Waals surface area (Å²) in [7, 11) is 0. The topological polar surface area (TPSA) is 83.3 Å². The van der Waals surface area contributed by atoms with Gasteiger partial charge in [-0.3, -0.25) is 15.8 Å². The average Bonchev–Trinajstić information content (AvgIpc) is 1.88. The zero-order valence-corrected chi connectivity index (χ0v) is 5.45. The van der Waals surface area contributed by atoms with Crippen LogP contribution in [-0.4, -0.2) is 4.92 Å². The van der Waals surface area contributed by atoms with E-state index in [1.54, 1.807) is 0 Å². The minimum Gasteiger partial charge on any atom is -1.00 e. The maximum atomic E-state index is 10.1. The molecule has 0 saturated heterocycles. The first-order valence-electron chi connectivity index (χ1n) is 2.62. The highest BCUT2D eigenvalue weighted by atomic mass is 19.0. The molecule has 3 N–H and O–H groups in total. The van der Waals surface area contributed by atoms with E-state index in [-0.39, 0.29) is 10.4 Å². The molecule has 0 amide bonds. The van der Waals surface area contributed by atoms with Crippen LogP contribution in [0.2, 0.25) is 0 Å². The number of nitrogens with zero attached hydrogens (tertiary/aromatic N) is 1. The van der Waals surface area contributed by atoms with Crippen LogP contribution in [0.4, 0.5) is 11.5 Å². The third-order valence-electron chi connectivity index (χ3n) is 1.03. The molecule has 0 aliphatic rings. The zero-order valence-electron chi connectivity index (χ0n) is 5.45. The summed E-state index contributed by atoms with van der Waals surface area (Å²) in [4.78, 5) is 12.1. The highest BCUT2D eigenvalue weighted by Crippen LogP contribution is 2.05. The third-order valence-corrected chi connectivity index (χ3v) is 1.03. The van der Waals surface area contributed by atoms with Crippen molar-refractivity contribution < 1.29 is 14.6 Å². The van der Waals surface area contributed by atoms with Crippen molar-refractivity contribution in [2.24, 2.45) is 0 Å². The minimum atomic E-state index is -0.490. The molecule has 1 aromatic rings. The van der Waals surface area contributed by atoms with Gasteiger partial charge in [0.15, 0.2) is 6.20 Å². The summed E-state index contributed by atoms with van der Waals surface area (Å²) in [5.74, 6) is 0.408. The summed E-state index contributed by atoms with van der Waals surface area (Å²) >= 11 is 0. The molecular weight excluding hydrogens is 153 g/mol. The van der Waals surface area contributed by atoms with Gasteiger partial charge in [-0.05, 0) is 0 Å². The van der Waals surface area contributed by atoms with Gasteiger partial charge in [-0.2, -0.15) is 0 Å². The van der Waals surface area contributed by atoms with Gasteiger partial charge in [-0.1, -0.05) is 0 Å². The number of nitro groups is 1. The van der Waals surface area contributed by atoms with Crippen molar-refractivity contribution in [3.05, 3.63) is 28.4 Å². The SMILES string of the molecule is Nc1ccc([N+](=O)[O-])c[nH+]1.[F-]. The highest BCUT2D eigenvalue weighted by molar-refractivity contribution is 5.29. The summed E-state index contributed by atoms with van der Waals surface area (Å²) in [5.41, 5.74) is 5.26. The van der Waals surface area contributed by atoms with Gasteiger partial charge in [-0.25, -0.2) is 4.98 Å². The lowest BCUT2D eigenvalue weighted by atomic mass is 10.4. The van der Waals surface area contributed by atoms with Gasteiger partial charge in [0, 0.05) is 12.1 Å². The van der Waals surface area contributed by atoms with Crippen molar-refractivity contribution in [1.82, 2.24) is 0 Å². The molecule has 0 unspecified atom stereocenters. The Bertz CT molecular complexity index is 248. The highest BCUT2D eigenvalue weighted by Gasteiger charge is 2.05. The number of H-pyrrole nitrogens is 1. The molecule has 0 spiro atoms. The second-order valence-electron chi connectivity index (χ2n) is 1.76. The maximum Gasteiger partial charge on any atom is 0.308 e. The van der Waals surface area contributed by atoms with E-state index < -0.39 is 4.92 Å². The molecule has 0 aliphatic carbocycles. The molecule has 0 aliphatic heterocycles. The Balaban J connectivity index is 0.000001000. The molecule has 0 aromatic carbocycles. The molecule has 6 heteroatoms. The number of anilines is 1. The minimum absolute atomic E-state index is 0. The van der Waals surface area contributed by atoms with Crippen LogP contribution in [0.25, 0.3) is 0 Å². The van der Waals surface area contributed by atoms with Gasteiger partial charge in [0.05, 0.1) is 4.92 Å². The van der Waals surface area contributed by atoms with Crippen LogP contribution in [0.5, 0.6) is 0 Å². The van der Waals surface area contributed by atoms with E-state index in [2.05, 4.69) is 4.98 Å². The van der Waals surface area contributed by atoms with E-state index in [0.717, 1.165) is 0 Å². The number of hydrogen-bond donors (Lipinski definition) is 1. The maximum absolute atomic E-state index is 10.1. The van der Waals surface area contributed by atoms with Crippen molar-refractivity contribution in [1.29, 1.82) is 0 Å². The van der Waals surface area contributed by atoms with Crippen LogP contribution in [0, 0.1) is 10.1 Å². The lowest BCUT2D eigenvalue weighted by Gasteiger charge is -1.85. The van der Waals surface area contributed by atoms with Gasteiger partial charge in [-0.15, -0.1) is 0 Å². The lowest BCUT2D eigenvalue weighted by Crippen LogP contribution is -3.00. The van der Waals surface area contributed by atoms with Crippen LogP contribution in [0.1, 0.15) is 0 Å². The molecule has 0 bridgehead atoms. The Hall–Kier alpha value is -1.72. The van der Waals surface area contributed by atoms with E-state index in [9.17, 15) is 10.1 Å². The second-order valence-corrected chi connectivity index (χ2v) is 1.76. The average molecular weight is 159 g/mol. The van der Waals surface area contributed by atoms with Crippen LogP contribution in [-0.2, 0) is 0 Å². The lowest BCUT2D eigenvalue weighted by molar-refractivity contribution is -0.413. The summed E-state index contributed by atoms with van der Waals surface area (Å²) < 4.78 is 0. The number of halogens is 1. The molecule has 0 saturated carbocycles. The number of nitrogens with two attached hydrogens (primary N) is 1. The van der Waals surface area contributed by atoms with Crippen LogP contribution < -0.4 is 15.4 Å². The van der Waals surface area contributed by atoms with Gasteiger partial charge in [0.25, 0.3) is 5.82 Å². The molecule has 5 nitrogen and oxygen atoms in total. The molecule has 0 radical (unpaired) electrons. The van der Waals surface area contributed by atoms with E-state index in [4.69, 9.17) is 5.73 Å². The fourth-order valence-electron chi connectivity index (χ4n) is 0.542. The third kappa shape index (κ3) is 2.17. The van der Waals surface area contributed by atoms with Gasteiger partial charge >= 0.3 is 5.69 Å². The monoisotopic (exact) mass is 159 g/mol. The van der Waals surface area contributed by atoms with Crippen LogP contribution >= 0.6 is 0 Å². The Labute approximate surface area is 61.4 Å². The zero-order chi connectivity index (χ0) is 7.56. The van der Waals surface area contributed by atoms with Gasteiger partial charge in [0.2, 0.25) is 0 Å². The van der Waals surface area contributed by atoms with Crippen molar-refractivity contribution in [3.8, 4) is 0 Å². The summed E-state index contributed by atoms with van der Waals surface area (Å²) in [6.07, 6.45) is 1.25. The predicted molar refractivity (Wildman–Crippen MR) is 34.1 cm³/mol. The molecule has 0 atom stereocenters. The number of aromatic amines is 1. The number of aromatic nitrogens is 1. The van der Waals surface area contributed by atoms with E-state index in [1.807, 2.05) is 0 Å². The number of nitrogens with one attached hydrogen (secondary N) is 1.